The van der Waals surface area contributed by atoms with Crippen LogP contribution in [0.2, 0.25) is 0 Å². The summed E-state index contributed by atoms with van der Waals surface area (Å²) in [6.45, 7) is 0.501. The molecule has 1 aliphatic rings. The number of piperidine rings is 1. The monoisotopic (exact) mass is 223 g/mol. The van der Waals surface area contributed by atoms with E-state index in [0.29, 0.717) is 18.5 Å². The molecule has 16 heavy (non-hydrogen) atoms. The second-order valence-electron chi connectivity index (χ2n) is 3.84. The Morgan fingerprint density at radius 2 is 2.31 bits per heavy atom. The van der Waals surface area contributed by atoms with Crippen molar-refractivity contribution < 1.29 is 14.7 Å². The van der Waals surface area contributed by atoms with Crippen LogP contribution in [0.15, 0.2) is 12.4 Å². The van der Waals surface area contributed by atoms with Crippen LogP contribution < -0.4 is 0 Å². The highest BCUT2D eigenvalue weighted by atomic mass is 16.4. The van der Waals surface area contributed by atoms with Crippen LogP contribution in [0.25, 0.3) is 0 Å². The number of carboxylic acids is 1. The van der Waals surface area contributed by atoms with Crippen molar-refractivity contribution in [3.8, 4) is 0 Å². The minimum atomic E-state index is -0.934. The number of carboxylic acid groups (broad SMARTS) is 1. The SMILES string of the molecule is O=C(O)[C@H]1CCCCN1C(=O)c1cn[nH]c1. The second kappa shape index (κ2) is 4.34. The third-order valence-corrected chi connectivity index (χ3v) is 2.79. The van der Waals surface area contributed by atoms with Crippen molar-refractivity contribution in [2.75, 3.05) is 6.54 Å². The lowest BCUT2D eigenvalue weighted by atomic mass is 10.0. The molecule has 2 rings (SSSR count). The van der Waals surface area contributed by atoms with Crippen LogP contribution in [-0.4, -0.2) is 44.7 Å². The van der Waals surface area contributed by atoms with Crippen molar-refractivity contribution in [2.24, 2.45) is 0 Å². The van der Waals surface area contributed by atoms with Gasteiger partial charge < -0.3 is 10.0 Å². The number of carbonyl (C=O) groups excluding carboxylic acids is 1. The fourth-order valence-electron chi connectivity index (χ4n) is 1.97. The van der Waals surface area contributed by atoms with Crippen LogP contribution in [0.4, 0.5) is 0 Å². The van der Waals surface area contributed by atoms with Crippen molar-refractivity contribution in [3.05, 3.63) is 18.0 Å². The third kappa shape index (κ3) is 1.91. The van der Waals surface area contributed by atoms with Crippen LogP contribution in [0.5, 0.6) is 0 Å². The maximum Gasteiger partial charge on any atom is 0.326 e. The summed E-state index contributed by atoms with van der Waals surface area (Å²) in [4.78, 5) is 24.4. The van der Waals surface area contributed by atoms with Crippen LogP contribution in [0.3, 0.4) is 0 Å². The molecule has 1 amide bonds. The number of carbonyl (C=O) groups is 2. The molecule has 2 N–H and O–H groups in total. The van der Waals surface area contributed by atoms with Gasteiger partial charge in [0.05, 0.1) is 11.8 Å². The van der Waals surface area contributed by atoms with Crippen molar-refractivity contribution in [1.29, 1.82) is 0 Å². The smallest absolute Gasteiger partial charge is 0.326 e. The number of likely N-dealkylation sites (tertiary alicyclic amines) is 1. The first kappa shape index (κ1) is 10.7. The predicted octanol–water partition coefficient (Wildman–Crippen LogP) is 0.489. The number of aromatic amines is 1. The number of aromatic nitrogens is 2. The van der Waals surface area contributed by atoms with E-state index in [1.54, 1.807) is 0 Å². The predicted molar refractivity (Wildman–Crippen MR) is 54.9 cm³/mol. The molecule has 6 heteroatoms. The normalized spacial score (nSPS) is 20.8. The molecule has 1 fully saturated rings. The molecule has 0 aliphatic carbocycles. The summed E-state index contributed by atoms with van der Waals surface area (Å²) in [5, 5.41) is 15.3. The Labute approximate surface area is 92.3 Å². The third-order valence-electron chi connectivity index (χ3n) is 2.79. The lowest BCUT2D eigenvalue weighted by Gasteiger charge is -2.32. The van der Waals surface area contributed by atoms with Gasteiger partial charge in [0, 0.05) is 12.7 Å². The Morgan fingerprint density at radius 1 is 1.50 bits per heavy atom. The van der Waals surface area contributed by atoms with Gasteiger partial charge in [0.15, 0.2) is 0 Å². The van der Waals surface area contributed by atoms with E-state index in [4.69, 9.17) is 5.11 Å². The van der Waals surface area contributed by atoms with Gasteiger partial charge in [-0.2, -0.15) is 5.10 Å². The second-order valence-corrected chi connectivity index (χ2v) is 3.84. The average molecular weight is 223 g/mol. The van der Waals surface area contributed by atoms with Gasteiger partial charge in [-0.25, -0.2) is 4.79 Å². The highest BCUT2D eigenvalue weighted by molar-refractivity contribution is 5.96. The van der Waals surface area contributed by atoms with E-state index in [2.05, 4.69) is 10.2 Å². The maximum atomic E-state index is 12.0. The fourth-order valence-corrected chi connectivity index (χ4v) is 1.97. The molecular weight excluding hydrogens is 210 g/mol. The lowest BCUT2D eigenvalue weighted by Crippen LogP contribution is -2.47. The summed E-state index contributed by atoms with van der Waals surface area (Å²) < 4.78 is 0. The van der Waals surface area contributed by atoms with Gasteiger partial charge in [-0.3, -0.25) is 9.89 Å². The number of amides is 1. The van der Waals surface area contributed by atoms with E-state index in [1.165, 1.54) is 17.3 Å². The molecule has 0 spiro atoms. The minimum Gasteiger partial charge on any atom is -0.480 e. The van der Waals surface area contributed by atoms with Crippen LogP contribution in [-0.2, 0) is 4.79 Å². The summed E-state index contributed by atoms with van der Waals surface area (Å²) in [6, 6.07) is -0.698. The van der Waals surface area contributed by atoms with E-state index >= 15 is 0 Å². The minimum absolute atomic E-state index is 0.263. The Balaban J connectivity index is 2.17. The Bertz CT molecular complexity index is 388. The van der Waals surface area contributed by atoms with Crippen molar-refractivity contribution in [1.82, 2.24) is 15.1 Å². The first-order chi connectivity index (χ1) is 7.70. The number of nitrogens with zero attached hydrogens (tertiary/aromatic N) is 2. The molecule has 2 heterocycles. The summed E-state index contributed by atoms with van der Waals surface area (Å²) in [5.41, 5.74) is 0.410. The highest BCUT2D eigenvalue weighted by Gasteiger charge is 2.32. The van der Waals surface area contributed by atoms with Gasteiger partial charge >= 0.3 is 5.97 Å². The van der Waals surface area contributed by atoms with Crippen LogP contribution in [0, 0.1) is 0 Å². The maximum absolute atomic E-state index is 12.0. The Hall–Kier alpha value is -1.85. The van der Waals surface area contributed by atoms with E-state index in [0.717, 1.165) is 12.8 Å². The number of aliphatic carboxylic acids is 1. The van der Waals surface area contributed by atoms with E-state index in [-0.39, 0.29) is 5.91 Å². The van der Waals surface area contributed by atoms with Gasteiger partial charge in [0.2, 0.25) is 0 Å². The molecule has 1 aliphatic heterocycles. The van der Waals surface area contributed by atoms with Crippen LogP contribution in [0.1, 0.15) is 29.6 Å². The van der Waals surface area contributed by atoms with Crippen LogP contribution >= 0.6 is 0 Å². The van der Waals surface area contributed by atoms with E-state index < -0.39 is 12.0 Å². The largest absolute Gasteiger partial charge is 0.480 e. The lowest BCUT2D eigenvalue weighted by molar-refractivity contribution is -0.143. The summed E-state index contributed by atoms with van der Waals surface area (Å²) in [5.74, 6) is -1.20. The molecule has 0 bridgehead atoms. The first-order valence-corrected chi connectivity index (χ1v) is 5.22. The summed E-state index contributed by atoms with van der Waals surface area (Å²) in [6.07, 6.45) is 5.13. The average Bonchev–Trinajstić information content (AvgIpc) is 2.81. The highest BCUT2D eigenvalue weighted by Crippen LogP contribution is 2.19. The fraction of sp³-hybridized carbons (Fsp3) is 0.500. The van der Waals surface area contributed by atoms with E-state index in [9.17, 15) is 9.59 Å². The molecule has 6 nitrogen and oxygen atoms in total. The molecule has 1 aromatic rings. The zero-order valence-corrected chi connectivity index (χ0v) is 8.72. The summed E-state index contributed by atoms with van der Waals surface area (Å²) >= 11 is 0. The summed E-state index contributed by atoms with van der Waals surface area (Å²) in [7, 11) is 0. The molecule has 0 aromatic carbocycles. The number of H-pyrrole nitrogens is 1. The van der Waals surface area contributed by atoms with E-state index in [1.807, 2.05) is 0 Å². The number of hydrogen-bond acceptors (Lipinski definition) is 3. The molecule has 86 valence electrons. The van der Waals surface area contributed by atoms with Gasteiger partial charge in [0.1, 0.15) is 6.04 Å². The first-order valence-electron chi connectivity index (χ1n) is 5.22. The Kier molecular flexibility index (Phi) is 2.89. The Morgan fingerprint density at radius 3 is 2.94 bits per heavy atom. The number of nitrogens with one attached hydrogen (secondary N) is 1. The van der Waals surface area contributed by atoms with Crippen molar-refractivity contribution in [2.45, 2.75) is 25.3 Å². The zero-order valence-electron chi connectivity index (χ0n) is 8.72. The van der Waals surface area contributed by atoms with Gasteiger partial charge in [-0.05, 0) is 19.3 Å². The number of hydrogen-bond donors (Lipinski definition) is 2. The van der Waals surface area contributed by atoms with Gasteiger partial charge in [0.25, 0.3) is 5.91 Å². The molecule has 0 radical (unpaired) electrons. The topological polar surface area (TPSA) is 86.3 Å². The van der Waals surface area contributed by atoms with Gasteiger partial charge in [-0.15, -0.1) is 0 Å². The van der Waals surface area contributed by atoms with Crippen molar-refractivity contribution >= 4 is 11.9 Å². The molecule has 1 saturated heterocycles. The molecule has 1 atom stereocenters. The number of rotatable bonds is 2. The molecule has 0 saturated carbocycles. The molecule has 1 aromatic heterocycles. The molecular formula is C10H13N3O3. The zero-order chi connectivity index (χ0) is 11.5. The van der Waals surface area contributed by atoms with Gasteiger partial charge in [-0.1, -0.05) is 0 Å². The van der Waals surface area contributed by atoms with Crippen molar-refractivity contribution in [3.63, 3.8) is 0 Å². The standard InChI is InChI=1S/C10H13N3O3/c14-9(7-5-11-12-6-7)13-4-2-1-3-8(13)10(15)16/h5-6,8H,1-4H2,(H,11,12)(H,15,16)/t8-/m1/s1. The quantitative estimate of drug-likeness (QED) is 0.763. The molecule has 0 unspecified atom stereocenters.